The normalized spacial score (nSPS) is 9.07. The van der Waals surface area contributed by atoms with Crippen LogP contribution in [0.5, 0.6) is 5.75 Å². The largest absolute Gasteiger partial charge is 0.508 e. The van der Waals surface area contributed by atoms with Crippen molar-refractivity contribution in [2.45, 2.75) is 13.0 Å². The Balaban J connectivity index is 2.43. The molecule has 0 unspecified atom stereocenters. The third-order valence-electron chi connectivity index (χ3n) is 1.67. The summed E-state index contributed by atoms with van der Waals surface area (Å²) < 4.78 is 0. The van der Waals surface area contributed by atoms with Gasteiger partial charge < -0.3 is 10.4 Å². The van der Waals surface area contributed by atoms with Gasteiger partial charge in [0.1, 0.15) is 12.2 Å². The molecule has 0 aliphatic rings. The summed E-state index contributed by atoms with van der Waals surface area (Å²) in [7, 11) is 0. The van der Waals surface area contributed by atoms with Gasteiger partial charge in [-0.1, -0.05) is 12.1 Å². The van der Waals surface area contributed by atoms with E-state index in [9.17, 15) is 4.79 Å². The topological polar surface area (TPSA) is 73.1 Å². The van der Waals surface area contributed by atoms with E-state index < -0.39 is 0 Å². The number of amides is 1. The van der Waals surface area contributed by atoms with Crippen LogP contribution in [0.3, 0.4) is 0 Å². The zero-order valence-corrected chi connectivity index (χ0v) is 7.53. The van der Waals surface area contributed by atoms with Gasteiger partial charge in [0.15, 0.2) is 0 Å². The number of nitrogens with one attached hydrogen (secondary N) is 1. The van der Waals surface area contributed by atoms with E-state index in [0.717, 1.165) is 5.56 Å². The van der Waals surface area contributed by atoms with Crippen molar-refractivity contribution in [2.75, 3.05) is 0 Å². The second-order valence-electron chi connectivity index (χ2n) is 2.78. The molecule has 0 spiro atoms. The van der Waals surface area contributed by atoms with Crippen LogP contribution >= 0.6 is 0 Å². The number of nitriles is 1. The Kier molecular flexibility index (Phi) is 3.50. The predicted octanol–water partition coefficient (Wildman–Crippen LogP) is 0.922. The highest BCUT2D eigenvalue weighted by atomic mass is 16.3. The summed E-state index contributed by atoms with van der Waals surface area (Å²) in [5.41, 5.74) is 0.883. The maximum atomic E-state index is 10.9. The lowest BCUT2D eigenvalue weighted by Gasteiger charge is -2.02. The molecule has 1 rings (SSSR count). The maximum Gasteiger partial charge on any atom is 0.234 e. The molecule has 0 saturated heterocycles. The molecule has 0 atom stereocenters. The Morgan fingerprint density at radius 1 is 1.43 bits per heavy atom. The highest BCUT2D eigenvalue weighted by Crippen LogP contribution is 2.08. The molecule has 0 aliphatic heterocycles. The minimum atomic E-state index is -0.291. The van der Waals surface area contributed by atoms with Gasteiger partial charge in [-0.05, 0) is 17.7 Å². The van der Waals surface area contributed by atoms with Crippen molar-refractivity contribution in [3.63, 3.8) is 0 Å². The van der Waals surface area contributed by atoms with Crippen LogP contribution in [0.4, 0.5) is 0 Å². The molecule has 4 nitrogen and oxygen atoms in total. The van der Waals surface area contributed by atoms with E-state index in [4.69, 9.17) is 10.4 Å². The van der Waals surface area contributed by atoms with E-state index in [-0.39, 0.29) is 18.1 Å². The Labute approximate surface area is 81.8 Å². The lowest BCUT2D eigenvalue weighted by atomic mass is 10.2. The van der Waals surface area contributed by atoms with Crippen molar-refractivity contribution in [3.05, 3.63) is 29.8 Å². The summed E-state index contributed by atoms with van der Waals surface area (Å²) in [5.74, 6) is -0.0994. The molecule has 4 heteroatoms. The van der Waals surface area contributed by atoms with Gasteiger partial charge in [0.05, 0.1) is 6.07 Å². The second kappa shape index (κ2) is 4.87. The second-order valence-corrected chi connectivity index (χ2v) is 2.78. The average molecular weight is 190 g/mol. The number of hydrogen-bond donors (Lipinski definition) is 2. The van der Waals surface area contributed by atoms with Gasteiger partial charge in [0.25, 0.3) is 0 Å². The van der Waals surface area contributed by atoms with E-state index in [2.05, 4.69) is 5.32 Å². The molecule has 14 heavy (non-hydrogen) atoms. The number of aromatic hydroxyl groups is 1. The van der Waals surface area contributed by atoms with E-state index in [1.165, 1.54) is 0 Å². The minimum Gasteiger partial charge on any atom is -0.508 e. The molecule has 0 aromatic heterocycles. The molecule has 0 aliphatic carbocycles. The fourth-order valence-electron chi connectivity index (χ4n) is 0.949. The lowest BCUT2D eigenvalue weighted by Crippen LogP contribution is -2.21. The van der Waals surface area contributed by atoms with Crippen molar-refractivity contribution < 1.29 is 9.90 Å². The van der Waals surface area contributed by atoms with Gasteiger partial charge in [0.2, 0.25) is 5.91 Å². The van der Waals surface area contributed by atoms with Gasteiger partial charge in [0, 0.05) is 6.54 Å². The van der Waals surface area contributed by atoms with Gasteiger partial charge >= 0.3 is 0 Å². The molecule has 2 N–H and O–H groups in total. The summed E-state index contributed by atoms with van der Waals surface area (Å²) in [6, 6.07) is 8.28. The summed E-state index contributed by atoms with van der Waals surface area (Å²) in [4.78, 5) is 10.9. The summed E-state index contributed by atoms with van der Waals surface area (Å²) in [5, 5.41) is 19.8. The van der Waals surface area contributed by atoms with Crippen LogP contribution in [0.25, 0.3) is 0 Å². The van der Waals surface area contributed by atoms with Gasteiger partial charge in [-0.3, -0.25) is 4.79 Å². The highest BCUT2D eigenvalue weighted by Gasteiger charge is 1.99. The highest BCUT2D eigenvalue weighted by molar-refractivity contribution is 5.77. The zero-order valence-electron chi connectivity index (χ0n) is 7.53. The summed E-state index contributed by atoms with van der Waals surface area (Å²) in [6.45, 7) is 0.376. The van der Waals surface area contributed by atoms with E-state index in [1.54, 1.807) is 30.3 Å². The smallest absolute Gasteiger partial charge is 0.234 e. The monoisotopic (exact) mass is 190 g/mol. The molecule has 72 valence electrons. The Morgan fingerprint density at radius 2 is 2.07 bits per heavy atom. The molecular weight excluding hydrogens is 180 g/mol. The zero-order chi connectivity index (χ0) is 10.4. The molecule has 0 heterocycles. The van der Waals surface area contributed by atoms with Crippen LogP contribution in [0, 0.1) is 11.3 Å². The standard InChI is InChI=1S/C10H10N2O2/c11-6-5-10(14)12-7-8-1-3-9(13)4-2-8/h1-4,13H,5,7H2,(H,12,14). The van der Waals surface area contributed by atoms with Crippen molar-refractivity contribution >= 4 is 5.91 Å². The summed E-state index contributed by atoms with van der Waals surface area (Å²) >= 11 is 0. The first-order valence-electron chi connectivity index (χ1n) is 4.14. The van der Waals surface area contributed by atoms with Crippen LogP contribution in [-0.2, 0) is 11.3 Å². The number of nitrogens with zero attached hydrogens (tertiary/aromatic N) is 1. The molecular formula is C10H10N2O2. The number of phenols is 1. The molecule has 0 bridgehead atoms. The van der Waals surface area contributed by atoms with Gasteiger partial charge in [-0.25, -0.2) is 0 Å². The van der Waals surface area contributed by atoms with Crippen LogP contribution in [-0.4, -0.2) is 11.0 Å². The van der Waals surface area contributed by atoms with Crippen LogP contribution in [0.2, 0.25) is 0 Å². The van der Waals surface area contributed by atoms with E-state index >= 15 is 0 Å². The third-order valence-corrected chi connectivity index (χ3v) is 1.67. The SMILES string of the molecule is N#CCC(=O)NCc1ccc(O)cc1. The average Bonchev–Trinajstić information content (AvgIpc) is 2.17. The van der Waals surface area contributed by atoms with Crippen molar-refractivity contribution in [1.29, 1.82) is 5.26 Å². The van der Waals surface area contributed by atoms with Crippen LogP contribution in [0.1, 0.15) is 12.0 Å². The Hall–Kier alpha value is -2.02. The number of benzene rings is 1. The van der Waals surface area contributed by atoms with Crippen molar-refractivity contribution in [3.8, 4) is 11.8 Å². The number of rotatable bonds is 3. The quantitative estimate of drug-likeness (QED) is 0.744. The number of hydrogen-bond acceptors (Lipinski definition) is 3. The molecule has 0 fully saturated rings. The first kappa shape index (κ1) is 10.1. The van der Waals surface area contributed by atoms with Crippen LogP contribution in [0.15, 0.2) is 24.3 Å². The maximum absolute atomic E-state index is 10.9. The molecule has 1 aromatic rings. The third kappa shape index (κ3) is 3.15. The fraction of sp³-hybridized carbons (Fsp3) is 0.200. The number of phenolic OH excluding ortho intramolecular Hbond substituents is 1. The van der Waals surface area contributed by atoms with Gasteiger partial charge in [-0.15, -0.1) is 0 Å². The molecule has 1 amide bonds. The predicted molar refractivity (Wildman–Crippen MR) is 50.2 cm³/mol. The first-order valence-corrected chi connectivity index (χ1v) is 4.14. The van der Waals surface area contributed by atoms with Crippen LogP contribution < -0.4 is 5.32 Å². The number of carbonyl (C=O) groups is 1. The van der Waals surface area contributed by atoms with Crippen molar-refractivity contribution in [2.24, 2.45) is 0 Å². The Bertz CT molecular complexity index is 351. The first-order chi connectivity index (χ1) is 6.72. The van der Waals surface area contributed by atoms with Gasteiger partial charge in [-0.2, -0.15) is 5.26 Å². The Morgan fingerprint density at radius 3 is 2.64 bits per heavy atom. The minimum absolute atomic E-state index is 0.127. The summed E-state index contributed by atoms with van der Waals surface area (Å²) in [6.07, 6.45) is -0.127. The molecule has 1 aromatic carbocycles. The van der Waals surface area contributed by atoms with E-state index in [0.29, 0.717) is 6.54 Å². The fourth-order valence-corrected chi connectivity index (χ4v) is 0.949. The number of carbonyl (C=O) groups excluding carboxylic acids is 1. The lowest BCUT2D eigenvalue weighted by molar-refractivity contribution is -0.120. The van der Waals surface area contributed by atoms with Crippen molar-refractivity contribution in [1.82, 2.24) is 5.32 Å². The molecule has 0 radical (unpaired) electrons. The molecule has 0 saturated carbocycles. The van der Waals surface area contributed by atoms with E-state index in [1.807, 2.05) is 0 Å².